The van der Waals surface area contributed by atoms with Crippen molar-refractivity contribution in [1.82, 2.24) is 4.68 Å². The Kier molecular flexibility index (Phi) is 2.74. The van der Waals surface area contributed by atoms with Gasteiger partial charge in [0.1, 0.15) is 0 Å². The second-order valence-electron chi connectivity index (χ2n) is 4.77. The van der Waals surface area contributed by atoms with Crippen LogP contribution in [0.3, 0.4) is 0 Å². The Morgan fingerprint density at radius 3 is 2.79 bits per heavy atom. The van der Waals surface area contributed by atoms with Gasteiger partial charge in [-0.15, -0.1) is 0 Å². The third-order valence-electron chi connectivity index (χ3n) is 3.51. The number of piperidine rings is 1. The molecule has 0 bridgehead atoms. The Labute approximate surface area is 110 Å². The van der Waals surface area contributed by atoms with Gasteiger partial charge in [0.25, 0.3) is 0 Å². The molecule has 0 aliphatic carbocycles. The summed E-state index contributed by atoms with van der Waals surface area (Å²) in [5.74, 6) is -0.300. The van der Waals surface area contributed by atoms with Gasteiger partial charge in [-0.25, -0.2) is 5.01 Å². The number of carbonyl (C=O) groups excluding carboxylic acids is 2. The molecule has 2 N–H and O–H groups in total. The zero-order chi connectivity index (χ0) is 13.4. The van der Waals surface area contributed by atoms with Crippen molar-refractivity contribution in [2.24, 2.45) is 5.73 Å². The van der Waals surface area contributed by atoms with Gasteiger partial charge in [0.05, 0.1) is 5.52 Å². The maximum absolute atomic E-state index is 11.9. The predicted molar refractivity (Wildman–Crippen MR) is 72.4 cm³/mol. The number of primary amides is 1. The van der Waals surface area contributed by atoms with Gasteiger partial charge < -0.3 is 5.73 Å². The first-order valence-corrected chi connectivity index (χ1v) is 6.38. The smallest absolute Gasteiger partial charge is 0.248 e. The summed E-state index contributed by atoms with van der Waals surface area (Å²) in [5, 5.41) is 2.67. The maximum atomic E-state index is 11.9. The van der Waals surface area contributed by atoms with Crippen molar-refractivity contribution in [2.45, 2.75) is 19.3 Å². The van der Waals surface area contributed by atoms with E-state index in [1.54, 1.807) is 17.1 Å². The highest BCUT2D eigenvalue weighted by Crippen LogP contribution is 2.20. The van der Waals surface area contributed by atoms with Gasteiger partial charge in [0.2, 0.25) is 11.8 Å². The number of aromatic nitrogens is 1. The Hall–Kier alpha value is -2.30. The quantitative estimate of drug-likeness (QED) is 0.883. The summed E-state index contributed by atoms with van der Waals surface area (Å²) in [7, 11) is 0. The fraction of sp³-hybridized carbons (Fsp3) is 0.286. The molecule has 1 aromatic carbocycles. The van der Waals surface area contributed by atoms with E-state index in [2.05, 4.69) is 0 Å². The van der Waals surface area contributed by atoms with Gasteiger partial charge in [-0.05, 0) is 37.1 Å². The van der Waals surface area contributed by atoms with Crippen LogP contribution in [0.15, 0.2) is 30.5 Å². The lowest BCUT2D eigenvalue weighted by Crippen LogP contribution is -2.43. The van der Waals surface area contributed by atoms with E-state index >= 15 is 0 Å². The van der Waals surface area contributed by atoms with Crippen molar-refractivity contribution in [3.05, 3.63) is 36.0 Å². The molecule has 1 fully saturated rings. The summed E-state index contributed by atoms with van der Waals surface area (Å²) in [6.45, 7) is 0.736. The number of nitrogens with zero attached hydrogens (tertiary/aromatic N) is 2. The van der Waals surface area contributed by atoms with Crippen molar-refractivity contribution < 1.29 is 9.59 Å². The number of nitrogens with two attached hydrogens (primary N) is 1. The van der Waals surface area contributed by atoms with E-state index in [1.165, 1.54) is 0 Å². The lowest BCUT2D eigenvalue weighted by Gasteiger charge is -2.28. The van der Waals surface area contributed by atoms with E-state index in [0.717, 1.165) is 30.3 Å². The monoisotopic (exact) mass is 257 g/mol. The standard InChI is InChI=1S/C14H15N3O2/c15-14(19)11-4-5-12-10(9-11)6-8-16(12)17-7-2-1-3-13(17)18/h4-6,8-9H,1-3,7H2,(H2,15,19). The second kappa shape index (κ2) is 4.42. The number of hydrogen-bond donors (Lipinski definition) is 1. The molecule has 0 spiro atoms. The molecule has 1 aliphatic rings. The summed E-state index contributed by atoms with van der Waals surface area (Å²) in [5.41, 5.74) is 6.66. The molecule has 2 aromatic rings. The molecule has 1 aromatic heterocycles. The Morgan fingerprint density at radius 1 is 1.21 bits per heavy atom. The highest BCUT2D eigenvalue weighted by Gasteiger charge is 2.20. The molecule has 1 saturated heterocycles. The van der Waals surface area contributed by atoms with Crippen LogP contribution >= 0.6 is 0 Å². The average Bonchev–Trinajstić information content (AvgIpc) is 2.82. The zero-order valence-electron chi connectivity index (χ0n) is 10.5. The minimum Gasteiger partial charge on any atom is -0.366 e. The van der Waals surface area contributed by atoms with E-state index in [-0.39, 0.29) is 5.91 Å². The average molecular weight is 257 g/mol. The molecule has 0 saturated carbocycles. The third-order valence-corrected chi connectivity index (χ3v) is 3.51. The highest BCUT2D eigenvalue weighted by molar-refractivity contribution is 5.97. The summed E-state index contributed by atoms with van der Waals surface area (Å²) in [6.07, 6.45) is 4.43. The van der Waals surface area contributed by atoms with E-state index in [1.807, 2.05) is 23.0 Å². The van der Waals surface area contributed by atoms with E-state index in [9.17, 15) is 9.59 Å². The van der Waals surface area contributed by atoms with Crippen LogP contribution in [0.5, 0.6) is 0 Å². The van der Waals surface area contributed by atoms with Crippen LogP contribution in [0.2, 0.25) is 0 Å². The zero-order valence-corrected chi connectivity index (χ0v) is 10.5. The second-order valence-corrected chi connectivity index (χ2v) is 4.77. The van der Waals surface area contributed by atoms with Gasteiger partial charge in [0, 0.05) is 30.1 Å². The fourth-order valence-corrected chi connectivity index (χ4v) is 2.51. The Bertz CT molecular complexity index is 660. The molecule has 1 aliphatic heterocycles. The van der Waals surface area contributed by atoms with Gasteiger partial charge in [-0.3, -0.25) is 14.3 Å². The lowest BCUT2D eigenvalue weighted by atomic mass is 10.1. The summed E-state index contributed by atoms with van der Waals surface area (Å²) in [6, 6.07) is 7.17. The van der Waals surface area contributed by atoms with Gasteiger partial charge in [-0.1, -0.05) is 0 Å². The number of carbonyl (C=O) groups is 2. The summed E-state index contributed by atoms with van der Waals surface area (Å²) in [4.78, 5) is 23.1. The molecule has 0 radical (unpaired) electrons. The fourth-order valence-electron chi connectivity index (χ4n) is 2.51. The van der Waals surface area contributed by atoms with E-state index in [4.69, 9.17) is 5.73 Å². The Balaban J connectivity index is 2.05. The molecular weight excluding hydrogens is 242 g/mol. The van der Waals surface area contributed by atoms with E-state index < -0.39 is 5.91 Å². The number of hydrogen-bond acceptors (Lipinski definition) is 2. The minimum atomic E-state index is -0.441. The number of amides is 2. The topological polar surface area (TPSA) is 68.3 Å². The lowest BCUT2D eigenvalue weighted by molar-refractivity contribution is -0.121. The molecule has 19 heavy (non-hydrogen) atoms. The molecular formula is C14H15N3O2. The Morgan fingerprint density at radius 2 is 2.05 bits per heavy atom. The van der Waals surface area contributed by atoms with Crippen LogP contribution in [0.25, 0.3) is 10.9 Å². The largest absolute Gasteiger partial charge is 0.366 e. The first-order chi connectivity index (χ1) is 9.16. The number of rotatable bonds is 2. The van der Waals surface area contributed by atoms with Gasteiger partial charge in [0.15, 0.2) is 0 Å². The molecule has 2 amide bonds. The van der Waals surface area contributed by atoms with Crippen LogP contribution < -0.4 is 10.7 Å². The van der Waals surface area contributed by atoms with Crippen LogP contribution in [-0.4, -0.2) is 23.0 Å². The first kappa shape index (κ1) is 11.8. The molecule has 98 valence electrons. The maximum Gasteiger partial charge on any atom is 0.248 e. The molecule has 5 nitrogen and oxygen atoms in total. The summed E-state index contributed by atoms with van der Waals surface area (Å²) < 4.78 is 1.86. The van der Waals surface area contributed by atoms with E-state index in [0.29, 0.717) is 12.0 Å². The molecule has 5 heteroatoms. The third kappa shape index (κ3) is 1.97. The summed E-state index contributed by atoms with van der Waals surface area (Å²) >= 11 is 0. The molecule has 0 unspecified atom stereocenters. The van der Waals surface area contributed by atoms with Crippen LogP contribution in [0.4, 0.5) is 0 Å². The first-order valence-electron chi connectivity index (χ1n) is 6.38. The molecule has 0 atom stereocenters. The van der Waals surface area contributed by atoms with Crippen molar-refractivity contribution in [3.8, 4) is 0 Å². The molecule has 2 heterocycles. The van der Waals surface area contributed by atoms with Crippen molar-refractivity contribution in [2.75, 3.05) is 11.6 Å². The van der Waals surface area contributed by atoms with Crippen molar-refractivity contribution in [1.29, 1.82) is 0 Å². The van der Waals surface area contributed by atoms with Crippen LogP contribution in [0.1, 0.15) is 29.6 Å². The minimum absolute atomic E-state index is 0.141. The van der Waals surface area contributed by atoms with Crippen molar-refractivity contribution in [3.63, 3.8) is 0 Å². The predicted octanol–water partition coefficient (Wildman–Crippen LogP) is 1.39. The van der Waals surface area contributed by atoms with Gasteiger partial charge >= 0.3 is 0 Å². The molecule has 3 rings (SSSR count). The number of benzene rings is 1. The number of fused-ring (bicyclic) bond motifs is 1. The van der Waals surface area contributed by atoms with Crippen LogP contribution in [0, 0.1) is 0 Å². The highest BCUT2D eigenvalue weighted by atomic mass is 16.2. The SMILES string of the molecule is NC(=O)c1ccc2c(ccn2N2CCCCC2=O)c1. The normalized spacial score (nSPS) is 16.0. The van der Waals surface area contributed by atoms with Gasteiger partial charge in [-0.2, -0.15) is 0 Å². The van der Waals surface area contributed by atoms with Crippen molar-refractivity contribution >= 4 is 22.7 Å². The van der Waals surface area contributed by atoms with Crippen LogP contribution in [-0.2, 0) is 4.79 Å².